The van der Waals surface area contributed by atoms with E-state index in [4.69, 9.17) is 14.5 Å². The molecule has 1 N–H and O–H groups in total. The first-order chi connectivity index (χ1) is 12.8. The average Bonchev–Trinajstić information content (AvgIpc) is 2.64. The van der Waals surface area contributed by atoms with E-state index in [0.717, 1.165) is 49.8 Å². The predicted molar refractivity (Wildman–Crippen MR) is 99.8 cm³/mol. The fourth-order valence-corrected chi connectivity index (χ4v) is 3.50. The van der Waals surface area contributed by atoms with Gasteiger partial charge in [0.15, 0.2) is 5.82 Å². The van der Waals surface area contributed by atoms with Crippen LogP contribution in [-0.2, 0) is 34.5 Å². The quantitative estimate of drug-likeness (QED) is 0.780. The van der Waals surface area contributed by atoms with Crippen LogP contribution in [0.15, 0.2) is 0 Å². The first-order valence-corrected chi connectivity index (χ1v) is 9.59. The van der Waals surface area contributed by atoms with Crippen LogP contribution in [0.4, 0.5) is 4.79 Å². The molecule has 0 bridgehead atoms. The molecule has 0 saturated carbocycles. The molecule has 8 nitrogen and oxygen atoms in total. The molecule has 3 rings (SSSR count). The third kappa shape index (κ3) is 5.15. The molecule has 2 aliphatic heterocycles. The van der Waals surface area contributed by atoms with Gasteiger partial charge in [0.2, 0.25) is 0 Å². The number of amides is 1. The molecule has 1 fully saturated rings. The fraction of sp³-hybridized carbons (Fsp3) is 0.737. The van der Waals surface area contributed by atoms with Crippen LogP contribution in [-0.4, -0.2) is 77.0 Å². The average molecular weight is 378 g/mol. The topological polar surface area (TPSA) is 88.0 Å². The smallest absolute Gasteiger partial charge is 0.407 e. The highest BCUT2D eigenvalue weighted by molar-refractivity contribution is 5.65. The second-order valence-electron chi connectivity index (χ2n) is 8.12. The molecule has 1 saturated heterocycles. The fourth-order valence-electron chi connectivity index (χ4n) is 3.50. The Morgan fingerprint density at radius 1 is 1.22 bits per heavy atom. The minimum absolute atomic E-state index is 0.183. The minimum Gasteiger partial charge on any atom is -0.465 e. The number of hydrogen-bond donors (Lipinski definition) is 1. The summed E-state index contributed by atoms with van der Waals surface area (Å²) in [4.78, 5) is 24.5. The van der Waals surface area contributed by atoms with Crippen LogP contribution in [0.1, 0.15) is 43.5 Å². The number of rotatable bonds is 5. The molecule has 150 valence electrons. The second-order valence-corrected chi connectivity index (χ2v) is 8.12. The second kappa shape index (κ2) is 8.50. The molecule has 0 aromatic carbocycles. The van der Waals surface area contributed by atoms with Crippen molar-refractivity contribution in [2.45, 2.75) is 45.8 Å². The molecule has 0 radical (unpaired) electrons. The maximum atomic E-state index is 11.4. The number of morpholine rings is 1. The molecular weight excluding hydrogens is 348 g/mol. The molecular formula is C19H30N4O4. The highest BCUT2D eigenvalue weighted by Crippen LogP contribution is 2.29. The Labute approximate surface area is 160 Å². The van der Waals surface area contributed by atoms with E-state index in [1.807, 2.05) is 0 Å². The lowest BCUT2D eigenvalue weighted by Gasteiger charge is -2.31. The van der Waals surface area contributed by atoms with Crippen molar-refractivity contribution in [2.24, 2.45) is 0 Å². The summed E-state index contributed by atoms with van der Waals surface area (Å²) in [5.41, 5.74) is 2.65. The zero-order chi connectivity index (χ0) is 19.4. The lowest BCUT2D eigenvalue weighted by Crippen LogP contribution is -2.38. The lowest BCUT2D eigenvalue weighted by atomic mass is 9.86. The SMILES string of the molecule is CC(C)(C)c1nc(COCCN2CCOCC2)nc2c1CN(C(=O)O)CC2. The van der Waals surface area contributed by atoms with Gasteiger partial charge in [-0.05, 0) is 0 Å². The van der Waals surface area contributed by atoms with Crippen LogP contribution < -0.4 is 0 Å². The third-order valence-corrected chi connectivity index (χ3v) is 4.97. The van der Waals surface area contributed by atoms with Gasteiger partial charge in [0.25, 0.3) is 0 Å². The molecule has 3 heterocycles. The first kappa shape index (κ1) is 20.0. The molecule has 1 aromatic rings. The lowest BCUT2D eigenvalue weighted by molar-refractivity contribution is 0.0172. The molecule has 0 aliphatic carbocycles. The summed E-state index contributed by atoms with van der Waals surface area (Å²) in [6.45, 7) is 12.5. The van der Waals surface area contributed by atoms with Gasteiger partial charge in [-0.1, -0.05) is 20.8 Å². The van der Waals surface area contributed by atoms with Gasteiger partial charge in [-0.25, -0.2) is 14.8 Å². The van der Waals surface area contributed by atoms with Crippen molar-refractivity contribution in [3.8, 4) is 0 Å². The van der Waals surface area contributed by atoms with E-state index in [2.05, 4.69) is 30.7 Å². The van der Waals surface area contributed by atoms with Gasteiger partial charge in [-0.3, -0.25) is 4.90 Å². The summed E-state index contributed by atoms with van der Waals surface area (Å²) in [6, 6.07) is 0. The van der Waals surface area contributed by atoms with E-state index >= 15 is 0 Å². The van der Waals surface area contributed by atoms with E-state index in [1.54, 1.807) is 0 Å². The Morgan fingerprint density at radius 2 is 1.96 bits per heavy atom. The summed E-state index contributed by atoms with van der Waals surface area (Å²) in [5, 5.41) is 9.32. The summed E-state index contributed by atoms with van der Waals surface area (Å²) in [5.74, 6) is 0.685. The zero-order valence-corrected chi connectivity index (χ0v) is 16.5. The van der Waals surface area contributed by atoms with Crippen molar-refractivity contribution in [1.82, 2.24) is 19.8 Å². The van der Waals surface area contributed by atoms with Crippen LogP contribution in [0, 0.1) is 0 Å². The summed E-state index contributed by atoms with van der Waals surface area (Å²) < 4.78 is 11.2. The van der Waals surface area contributed by atoms with Crippen LogP contribution in [0.3, 0.4) is 0 Å². The predicted octanol–water partition coefficient (Wildman–Crippen LogP) is 1.66. The number of carbonyl (C=O) groups is 1. The number of aromatic nitrogens is 2. The van der Waals surface area contributed by atoms with Crippen molar-refractivity contribution in [3.05, 3.63) is 22.8 Å². The van der Waals surface area contributed by atoms with Gasteiger partial charge in [-0.15, -0.1) is 0 Å². The Bertz CT molecular complexity index is 668. The monoisotopic (exact) mass is 378 g/mol. The molecule has 27 heavy (non-hydrogen) atoms. The highest BCUT2D eigenvalue weighted by atomic mass is 16.5. The molecule has 0 atom stereocenters. The van der Waals surface area contributed by atoms with Gasteiger partial charge in [0.05, 0.1) is 37.8 Å². The van der Waals surface area contributed by atoms with Crippen LogP contribution in [0.2, 0.25) is 0 Å². The number of nitrogens with zero attached hydrogens (tertiary/aromatic N) is 4. The Kier molecular flexibility index (Phi) is 6.29. The van der Waals surface area contributed by atoms with Gasteiger partial charge in [-0.2, -0.15) is 0 Å². The number of carboxylic acid groups (broad SMARTS) is 1. The summed E-state index contributed by atoms with van der Waals surface area (Å²) >= 11 is 0. The zero-order valence-electron chi connectivity index (χ0n) is 16.5. The van der Waals surface area contributed by atoms with Crippen molar-refractivity contribution in [2.75, 3.05) is 46.0 Å². The Morgan fingerprint density at radius 3 is 2.63 bits per heavy atom. The normalized spacial score (nSPS) is 18.4. The van der Waals surface area contributed by atoms with E-state index in [-0.39, 0.29) is 5.41 Å². The molecule has 2 aliphatic rings. The molecule has 0 unspecified atom stereocenters. The minimum atomic E-state index is -0.893. The van der Waals surface area contributed by atoms with Gasteiger partial charge >= 0.3 is 6.09 Å². The maximum Gasteiger partial charge on any atom is 0.407 e. The first-order valence-electron chi connectivity index (χ1n) is 9.59. The standard InChI is InChI=1S/C19H30N4O4/c1-19(2,3)17-14-12-23(18(24)25)5-4-15(14)20-16(21-17)13-27-11-8-22-6-9-26-10-7-22/h4-13H2,1-3H3,(H,24,25). The number of hydrogen-bond acceptors (Lipinski definition) is 6. The van der Waals surface area contributed by atoms with Crippen molar-refractivity contribution < 1.29 is 19.4 Å². The molecule has 1 amide bonds. The maximum absolute atomic E-state index is 11.4. The van der Waals surface area contributed by atoms with Crippen LogP contribution in [0.5, 0.6) is 0 Å². The summed E-state index contributed by atoms with van der Waals surface area (Å²) in [7, 11) is 0. The largest absolute Gasteiger partial charge is 0.465 e. The van der Waals surface area contributed by atoms with Crippen molar-refractivity contribution >= 4 is 6.09 Å². The van der Waals surface area contributed by atoms with E-state index in [0.29, 0.717) is 38.5 Å². The molecule has 1 aromatic heterocycles. The van der Waals surface area contributed by atoms with Crippen LogP contribution >= 0.6 is 0 Å². The summed E-state index contributed by atoms with van der Waals surface area (Å²) in [6.07, 6.45) is -0.274. The van der Waals surface area contributed by atoms with E-state index < -0.39 is 6.09 Å². The van der Waals surface area contributed by atoms with Crippen molar-refractivity contribution in [1.29, 1.82) is 0 Å². The number of ether oxygens (including phenoxy) is 2. The Hall–Kier alpha value is -1.77. The molecule has 8 heteroatoms. The van der Waals surface area contributed by atoms with Crippen LogP contribution in [0.25, 0.3) is 0 Å². The molecule has 0 spiro atoms. The van der Waals surface area contributed by atoms with E-state index in [1.165, 1.54) is 4.90 Å². The van der Waals surface area contributed by atoms with E-state index in [9.17, 15) is 9.90 Å². The van der Waals surface area contributed by atoms with Crippen molar-refractivity contribution in [3.63, 3.8) is 0 Å². The Balaban J connectivity index is 1.67. The van der Waals surface area contributed by atoms with Gasteiger partial charge in [0.1, 0.15) is 6.61 Å². The van der Waals surface area contributed by atoms with Gasteiger partial charge in [0, 0.05) is 43.6 Å². The van der Waals surface area contributed by atoms with Gasteiger partial charge < -0.3 is 19.5 Å². The third-order valence-electron chi connectivity index (χ3n) is 4.97. The highest BCUT2D eigenvalue weighted by Gasteiger charge is 2.29. The number of fused-ring (bicyclic) bond motifs is 1.